The van der Waals surface area contributed by atoms with Crippen molar-refractivity contribution in [1.29, 1.82) is 0 Å². The van der Waals surface area contributed by atoms with E-state index in [0.717, 1.165) is 31.7 Å². The molecule has 1 saturated heterocycles. The second kappa shape index (κ2) is 7.48. The van der Waals surface area contributed by atoms with E-state index in [1.54, 1.807) is 4.90 Å². The van der Waals surface area contributed by atoms with Crippen LogP contribution in [0.5, 0.6) is 0 Å². The predicted octanol–water partition coefficient (Wildman–Crippen LogP) is 2.62. The highest BCUT2D eigenvalue weighted by Gasteiger charge is 2.26. The van der Waals surface area contributed by atoms with E-state index in [1.165, 1.54) is 0 Å². The second-order valence-electron chi connectivity index (χ2n) is 5.55. The van der Waals surface area contributed by atoms with E-state index >= 15 is 0 Å². The molecule has 1 unspecified atom stereocenters. The number of carbonyl (C=O) groups excluding carboxylic acids is 2. The topological polar surface area (TPSA) is 49.4 Å². The minimum absolute atomic E-state index is 0.146. The summed E-state index contributed by atoms with van der Waals surface area (Å²) in [6.07, 6.45) is 3.73. The molecule has 0 bridgehead atoms. The Bertz CT molecular complexity index is 607. The number of amides is 2. The Hall–Kier alpha value is -2.05. The van der Waals surface area contributed by atoms with E-state index in [2.05, 4.69) is 5.32 Å². The van der Waals surface area contributed by atoms with Crippen LogP contribution < -0.4 is 5.32 Å². The van der Waals surface area contributed by atoms with Gasteiger partial charge in [0.05, 0.1) is 12.1 Å². The fourth-order valence-electron chi connectivity index (χ4n) is 2.81. The van der Waals surface area contributed by atoms with Crippen LogP contribution in [0.1, 0.15) is 43.0 Å². The fourth-order valence-corrected chi connectivity index (χ4v) is 2.81. The van der Waals surface area contributed by atoms with E-state index < -0.39 is 28.9 Å². The summed E-state index contributed by atoms with van der Waals surface area (Å²) >= 11 is 0. The van der Waals surface area contributed by atoms with Gasteiger partial charge < -0.3 is 10.2 Å². The number of likely N-dealkylation sites (tertiary alicyclic amines) is 1. The van der Waals surface area contributed by atoms with Gasteiger partial charge in [0.25, 0.3) is 5.91 Å². The molecular formula is C16H19F3N2O2. The maximum absolute atomic E-state index is 13.5. The molecule has 0 aliphatic carbocycles. The molecule has 1 N–H and O–H groups in total. The quantitative estimate of drug-likeness (QED) is 0.864. The minimum atomic E-state index is -1.70. The van der Waals surface area contributed by atoms with Gasteiger partial charge in [0.15, 0.2) is 17.5 Å². The minimum Gasteiger partial charge on any atom is -0.343 e. The summed E-state index contributed by atoms with van der Waals surface area (Å²) in [7, 11) is 0. The van der Waals surface area contributed by atoms with Gasteiger partial charge in [0.1, 0.15) is 0 Å². The summed E-state index contributed by atoms with van der Waals surface area (Å²) in [5, 5.41) is 2.27. The standard InChI is InChI=1S/C16H19F3N2O2/c1-2-10-5-3-4-8-21(10)13(22)9-20-16(23)11-6-7-12(17)15(19)14(11)18/h6-7,10H,2-5,8-9H2,1H3,(H,20,23). The Labute approximate surface area is 132 Å². The van der Waals surface area contributed by atoms with Crippen LogP contribution in [-0.4, -0.2) is 35.8 Å². The lowest BCUT2D eigenvalue weighted by atomic mass is 10.00. The molecular weight excluding hydrogens is 309 g/mol. The smallest absolute Gasteiger partial charge is 0.254 e. The van der Waals surface area contributed by atoms with Crippen LogP contribution in [0.25, 0.3) is 0 Å². The first kappa shape index (κ1) is 17.3. The summed E-state index contributed by atoms with van der Waals surface area (Å²) in [5.74, 6) is -5.83. The first-order chi connectivity index (χ1) is 11.0. The molecule has 1 fully saturated rings. The molecule has 0 aromatic heterocycles. The molecule has 2 amide bonds. The number of carbonyl (C=O) groups is 2. The van der Waals surface area contributed by atoms with Gasteiger partial charge in [0.2, 0.25) is 5.91 Å². The first-order valence-corrected chi connectivity index (χ1v) is 7.66. The largest absolute Gasteiger partial charge is 0.343 e. The molecule has 4 nitrogen and oxygen atoms in total. The van der Waals surface area contributed by atoms with E-state index in [0.29, 0.717) is 12.6 Å². The molecule has 2 rings (SSSR count). The summed E-state index contributed by atoms with van der Waals surface area (Å²) in [5.41, 5.74) is -0.623. The molecule has 1 atom stereocenters. The summed E-state index contributed by atoms with van der Waals surface area (Å²) in [6.45, 7) is 2.33. The van der Waals surface area contributed by atoms with Crippen molar-refractivity contribution >= 4 is 11.8 Å². The lowest BCUT2D eigenvalue weighted by Gasteiger charge is -2.35. The zero-order chi connectivity index (χ0) is 17.0. The molecule has 7 heteroatoms. The van der Waals surface area contributed by atoms with Crippen LogP contribution in [0.15, 0.2) is 12.1 Å². The summed E-state index contributed by atoms with van der Waals surface area (Å²) < 4.78 is 39.5. The zero-order valence-corrected chi connectivity index (χ0v) is 12.9. The van der Waals surface area contributed by atoms with Crippen molar-refractivity contribution in [1.82, 2.24) is 10.2 Å². The number of halogens is 3. The van der Waals surface area contributed by atoms with Crippen LogP contribution in [0.2, 0.25) is 0 Å². The molecule has 23 heavy (non-hydrogen) atoms. The fraction of sp³-hybridized carbons (Fsp3) is 0.500. The van der Waals surface area contributed by atoms with Gasteiger partial charge in [-0.15, -0.1) is 0 Å². The van der Waals surface area contributed by atoms with Crippen LogP contribution in [0, 0.1) is 17.5 Å². The number of hydrogen-bond donors (Lipinski definition) is 1. The van der Waals surface area contributed by atoms with Crippen LogP contribution in [-0.2, 0) is 4.79 Å². The molecule has 126 valence electrons. The van der Waals surface area contributed by atoms with Crippen molar-refractivity contribution < 1.29 is 22.8 Å². The van der Waals surface area contributed by atoms with Crippen molar-refractivity contribution in [3.8, 4) is 0 Å². The monoisotopic (exact) mass is 328 g/mol. The highest BCUT2D eigenvalue weighted by atomic mass is 19.2. The number of rotatable bonds is 4. The normalized spacial score (nSPS) is 17.9. The zero-order valence-electron chi connectivity index (χ0n) is 12.9. The van der Waals surface area contributed by atoms with E-state index in [1.807, 2.05) is 6.92 Å². The van der Waals surface area contributed by atoms with Gasteiger partial charge in [-0.3, -0.25) is 9.59 Å². The number of hydrogen-bond acceptors (Lipinski definition) is 2. The SMILES string of the molecule is CCC1CCCCN1C(=O)CNC(=O)c1ccc(F)c(F)c1F. The molecule has 1 aromatic rings. The van der Waals surface area contributed by atoms with E-state index in [9.17, 15) is 22.8 Å². The van der Waals surface area contributed by atoms with Crippen molar-refractivity contribution in [3.63, 3.8) is 0 Å². The van der Waals surface area contributed by atoms with E-state index in [-0.39, 0.29) is 18.5 Å². The summed E-state index contributed by atoms with van der Waals surface area (Å²) in [4.78, 5) is 25.8. The number of nitrogens with zero attached hydrogens (tertiary/aromatic N) is 1. The van der Waals surface area contributed by atoms with Gasteiger partial charge in [0, 0.05) is 12.6 Å². The molecule has 1 aromatic carbocycles. The Morgan fingerprint density at radius 3 is 2.65 bits per heavy atom. The lowest BCUT2D eigenvalue weighted by molar-refractivity contribution is -0.133. The molecule has 0 spiro atoms. The Morgan fingerprint density at radius 1 is 1.22 bits per heavy atom. The number of benzene rings is 1. The average molecular weight is 328 g/mol. The highest BCUT2D eigenvalue weighted by Crippen LogP contribution is 2.19. The van der Waals surface area contributed by atoms with E-state index in [4.69, 9.17) is 0 Å². The maximum atomic E-state index is 13.5. The maximum Gasteiger partial charge on any atom is 0.254 e. The molecule has 1 heterocycles. The van der Waals surface area contributed by atoms with Gasteiger partial charge in [-0.2, -0.15) is 0 Å². The second-order valence-corrected chi connectivity index (χ2v) is 5.55. The molecule has 0 saturated carbocycles. The van der Waals surface area contributed by atoms with Crippen molar-refractivity contribution in [2.75, 3.05) is 13.1 Å². The number of nitrogens with one attached hydrogen (secondary N) is 1. The number of piperidine rings is 1. The Balaban J connectivity index is 1.99. The third-order valence-corrected chi connectivity index (χ3v) is 4.10. The van der Waals surface area contributed by atoms with Gasteiger partial charge in [-0.25, -0.2) is 13.2 Å². The van der Waals surface area contributed by atoms with Crippen LogP contribution in [0.3, 0.4) is 0 Å². The Kier molecular flexibility index (Phi) is 5.63. The predicted molar refractivity (Wildman–Crippen MR) is 78.3 cm³/mol. The first-order valence-electron chi connectivity index (χ1n) is 7.66. The van der Waals surface area contributed by atoms with Gasteiger partial charge in [-0.05, 0) is 37.8 Å². The average Bonchev–Trinajstić information content (AvgIpc) is 2.57. The van der Waals surface area contributed by atoms with Gasteiger partial charge in [-0.1, -0.05) is 6.92 Å². The lowest BCUT2D eigenvalue weighted by Crippen LogP contribution is -2.47. The van der Waals surface area contributed by atoms with Crippen LogP contribution in [0.4, 0.5) is 13.2 Å². The third-order valence-electron chi connectivity index (χ3n) is 4.10. The van der Waals surface area contributed by atoms with Crippen molar-refractivity contribution in [3.05, 3.63) is 35.1 Å². The molecule has 0 radical (unpaired) electrons. The van der Waals surface area contributed by atoms with Crippen molar-refractivity contribution in [2.45, 2.75) is 38.6 Å². The van der Waals surface area contributed by atoms with Crippen molar-refractivity contribution in [2.24, 2.45) is 0 Å². The molecule has 1 aliphatic rings. The van der Waals surface area contributed by atoms with Gasteiger partial charge >= 0.3 is 0 Å². The Morgan fingerprint density at radius 2 is 1.96 bits per heavy atom. The summed E-state index contributed by atoms with van der Waals surface area (Å²) in [6, 6.07) is 1.67. The molecule has 1 aliphatic heterocycles. The van der Waals surface area contributed by atoms with Crippen LogP contribution >= 0.6 is 0 Å². The third kappa shape index (κ3) is 3.83. The highest BCUT2D eigenvalue weighted by molar-refractivity contribution is 5.96.